The SMILES string of the molecule is CCC(NCc1ccc2c(c1)nc(-c1cc(C)c(=O)n(C)c1)n2C(COC)COC)C(=O)OC(C)(C)C. The van der Waals surface area contributed by atoms with E-state index in [0.29, 0.717) is 31.7 Å². The van der Waals surface area contributed by atoms with Crippen molar-refractivity contribution in [1.29, 1.82) is 0 Å². The Morgan fingerprint density at radius 1 is 1.14 bits per heavy atom. The molecule has 0 amide bonds. The third-order valence-corrected chi connectivity index (χ3v) is 6.11. The van der Waals surface area contributed by atoms with Gasteiger partial charge in [-0.3, -0.25) is 9.59 Å². The number of aryl methyl sites for hydroxylation is 2. The Labute approximate surface area is 218 Å². The maximum atomic E-state index is 12.6. The maximum absolute atomic E-state index is 12.6. The van der Waals surface area contributed by atoms with E-state index in [1.54, 1.807) is 39.0 Å². The predicted octanol–water partition coefficient (Wildman–Crippen LogP) is 3.75. The molecule has 3 aromatic rings. The molecule has 0 fully saturated rings. The van der Waals surface area contributed by atoms with Gasteiger partial charge in [0.05, 0.1) is 30.3 Å². The molecule has 0 aliphatic carbocycles. The minimum atomic E-state index is -0.533. The van der Waals surface area contributed by atoms with Gasteiger partial charge < -0.3 is 28.7 Å². The van der Waals surface area contributed by atoms with Gasteiger partial charge in [0.25, 0.3) is 5.56 Å². The number of imidazole rings is 1. The first-order valence-electron chi connectivity index (χ1n) is 12.6. The Morgan fingerprint density at radius 3 is 2.38 bits per heavy atom. The standard InChI is InChI=1S/C28H40N4O5/c1-9-22(27(34)37-28(3,4)5)29-14-19-10-11-24-23(13-19)30-25(32(24)21(16-35-7)17-36-8)20-12-18(2)26(33)31(6)15-20/h10-13,15,21-22,29H,9,14,16-17H2,1-8H3. The number of rotatable bonds is 11. The van der Waals surface area contributed by atoms with Gasteiger partial charge >= 0.3 is 5.97 Å². The van der Waals surface area contributed by atoms with E-state index in [1.165, 1.54) is 0 Å². The van der Waals surface area contributed by atoms with Crippen molar-refractivity contribution < 1.29 is 19.0 Å². The fourth-order valence-electron chi connectivity index (χ4n) is 4.42. The third kappa shape index (κ3) is 6.85. The summed E-state index contributed by atoms with van der Waals surface area (Å²) in [4.78, 5) is 29.9. The Bertz CT molecular complexity index is 1260. The molecule has 0 radical (unpaired) electrons. The highest BCUT2D eigenvalue weighted by atomic mass is 16.6. The number of carbonyl (C=O) groups excluding carboxylic acids is 1. The molecule has 9 heteroatoms. The molecule has 0 saturated carbocycles. The van der Waals surface area contributed by atoms with Gasteiger partial charge in [0, 0.05) is 45.1 Å². The summed E-state index contributed by atoms with van der Waals surface area (Å²) in [6.45, 7) is 10.7. The van der Waals surface area contributed by atoms with Crippen LogP contribution in [0.4, 0.5) is 0 Å². The monoisotopic (exact) mass is 512 g/mol. The summed E-state index contributed by atoms with van der Waals surface area (Å²) in [5.74, 6) is 0.479. The highest BCUT2D eigenvalue weighted by molar-refractivity contribution is 5.82. The van der Waals surface area contributed by atoms with Crippen molar-refractivity contribution in [3.63, 3.8) is 0 Å². The van der Waals surface area contributed by atoms with Crippen LogP contribution in [0.1, 0.15) is 51.3 Å². The minimum absolute atomic E-state index is 0.0411. The topological polar surface area (TPSA) is 96.6 Å². The number of esters is 1. The first kappa shape index (κ1) is 28.6. The van der Waals surface area contributed by atoms with Gasteiger partial charge in [-0.15, -0.1) is 0 Å². The van der Waals surface area contributed by atoms with E-state index >= 15 is 0 Å². The van der Waals surface area contributed by atoms with E-state index in [4.69, 9.17) is 19.2 Å². The number of aromatic nitrogens is 3. The van der Waals surface area contributed by atoms with Crippen LogP contribution < -0.4 is 10.9 Å². The fraction of sp³-hybridized carbons (Fsp3) is 0.536. The van der Waals surface area contributed by atoms with E-state index in [-0.39, 0.29) is 17.6 Å². The van der Waals surface area contributed by atoms with Gasteiger partial charge in [-0.2, -0.15) is 0 Å². The van der Waals surface area contributed by atoms with Crippen LogP contribution in [0.15, 0.2) is 35.3 Å². The third-order valence-electron chi connectivity index (χ3n) is 6.11. The lowest BCUT2D eigenvalue weighted by Gasteiger charge is -2.24. The van der Waals surface area contributed by atoms with Gasteiger partial charge in [0.1, 0.15) is 17.5 Å². The normalized spacial score (nSPS) is 12.9. The summed E-state index contributed by atoms with van der Waals surface area (Å²) < 4.78 is 20.3. The van der Waals surface area contributed by atoms with Crippen molar-refractivity contribution in [2.45, 2.75) is 65.3 Å². The molecule has 1 aromatic carbocycles. The van der Waals surface area contributed by atoms with Crippen LogP contribution in [-0.4, -0.2) is 59.2 Å². The zero-order valence-corrected chi connectivity index (χ0v) is 23.3. The maximum Gasteiger partial charge on any atom is 0.323 e. The first-order valence-corrected chi connectivity index (χ1v) is 12.6. The van der Waals surface area contributed by atoms with Gasteiger partial charge in [-0.05, 0) is 57.9 Å². The Kier molecular flexibility index (Phi) is 9.28. The number of nitrogens with one attached hydrogen (secondary N) is 1. The summed E-state index contributed by atoms with van der Waals surface area (Å²) in [6.07, 6.45) is 2.43. The molecular weight excluding hydrogens is 472 g/mol. The first-order chi connectivity index (χ1) is 17.5. The highest BCUT2D eigenvalue weighted by Crippen LogP contribution is 2.30. The molecule has 2 heterocycles. The Balaban J connectivity index is 2.02. The van der Waals surface area contributed by atoms with E-state index in [2.05, 4.69) is 9.88 Å². The molecule has 1 atom stereocenters. The van der Waals surface area contributed by atoms with Crippen LogP contribution in [0.25, 0.3) is 22.4 Å². The van der Waals surface area contributed by atoms with Crippen LogP contribution >= 0.6 is 0 Å². The lowest BCUT2D eigenvalue weighted by molar-refractivity contribution is -0.157. The fourth-order valence-corrected chi connectivity index (χ4v) is 4.42. The summed E-state index contributed by atoms with van der Waals surface area (Å²) in [6, 6.07) is 7.44. The van der Waals surface area contributed by atoms with E-state index in [1.807, 2.05) is 52.0 Å². The van der Waals surface area contributed by atoms with Crippen molar-refractivity contribution in [1.82, 2.24) is 19.4 Å². The summed E-state index contributed by atoms with van der Waals surface area (Å²) in [5, 5.41) is 3.32. The molecule has 0 aliphatic heterocycles. The molecule has 1 unspecified atom stereocenters. The Morgan fingerprint density at radius 2 is 1.81 bits per heavy atom. The number of methoxy groups -OCH3 is 2. The van der Waals surface area contributed by atoms with Gasteiger partial charge in [0.15, 0.2) is 0 Å². The number of benzene rings is 1. The second-order valence-corrected chi connectivity index (χ2v) is 10.4. The average molecular weight is 513 g/mol. The van der Waals surface area contributed by atoms with E-state index in [9.17, 15) is 9.59 Å². The zero-order valence-electron chi connectivity index (χ0n) is 23.3. The number of hydrogen-bond donors (Lipinski definition) is 1. The summed E-state index contributed by atoms with van der Waals surface area (Å²) in [5.41, 5.74) is 3.65. The quantitative estimate of drug-likeness (QED) is 0.391. The molecule has 37 heavy (non-hydrogen) atoms. The Hall–Kier alpha value is -3.01. The summed E-state index contributed by atoms with van der Waals surface area (Å²) in [7, 11) is 5.07. The predicted molar refractivity (Wildman–Crippen MR) is 145 cm³/mol. The van der Waals surface area contributed by atoms with Crippen molar-refractivity contribution >= 4 is 17.0 Å². The lowest BCUT2D eigenvalue weighted by atomic mass is 10.1. The molecule has 202 valence electrons. The minimum Gasteiger partial charge on any atom is -0.459 e. The molecular formula is C28H40N4O5. The number of nitrogens with zero attached hydrogens (tertiary/aromatic N) is 3. The molecule has 1 N–H and O–H groups in total. The smallest absolute Gasteiger partial charge is 0.323 e. The van der Waals surface area contributed by atoms with Crippen molar-refractivity contribution in [3.05, 3.63) is 51.9 Å². The second kappa shape index (κ2) is 12.0. The van der Waals surface area contributed by atoms with Crippen LogP contribution in [0.5, 0.6) is 0 Å². The van der Waals surface area contributed by atoms with Gasteiger partial charge in [-0.25, -0.2) is 4.98 Å². The molecule has 2 aromatic heterocycles. The second-order valence-electron chi connectivity index (χ2n) is 10.4. The zero-order chi connectivity index (χ0) is 27.3. The van der Waals surface area contributed by atoms with Crippen LogP contribution in [0.3, 0.4) is 0 Å². The number of pyridine rings is 1. The van der Waals surface area contributed by atoms with Crippen LogP contribution in [-0.2, 0) is 32.6 Å². The highest BCUT2D eigenvalue weighted by Gasteiger charge is 2.24. The van der Waals surface area contributed by atoms with Gasteiger partial charge in [0.2, 0.25) is 0 Å². The molecule has 0 saturated heterocycles. The molecule has 0 bridgehead atoms. The van der Waals surface area contributed by atoms with Crippen molar-refractivity contribution in [2.24, 2.45) is 7.05 Å². The molecule has 3 rings (SSSR count). The lowest BCUT2D eigenvalue weighted by Crippen LogP contribution is -2.40. The number of ether oxygens (including phenoxy) is 3. The average Bonchev–Trinajstić information content (AvgIpc) is 3.20. The number of fused-ring (bicyclic) bond motifs is 1. The van der Waals surface area contributed by atoms with Crippen LogP contribution in [0.2, 0.25) is 0 Å². The van der Waals surface area contributed by atoms with Gasteiger partial charge in [-0.1, -0.05) is 13.0 Å². The van der Waals surface area contributed by atoms with E-state index in [0.717, 1.165) is 28.0 Å². The number of hydrogen-bond acceptors (Lipinski definition) is 7. The molecule has 9 nitrogen and oxygen atoms in total. The summed E-state index contributed by atoms with van der Waals surface area (Å²) >= 11 is 0. The van der Waals surface area contributed by atoms with Crippen molar-refractivity contribution in [2.75, 3.05) is 27.4 Å². The van der Waals surface area contributed by atoms with E-state index < -0.39 is 11.6 Å². The largest absolute Gasteiger partial charge is 0.459 e. The molecule has 0 aliphatic rings. The number of carbonyl (C=O) groups is 1. The molecule has 0 spiro atoms. The van der Waals surface area contributed by atoms with Crippen molar-refractivity contribution in [3.8, 4) is 11.4 Å². The van der Waals surface area contributed by atoms with Crippen LogP contribution in [0, 0.1) is 6.92 Å².